The van der Waals surface area contributed by atoms with Crippen molar-refractivity contribution in [2.24, 2.45) is 0 Å². The van der Waals surface area contributed by atoms with E-state index >= 15 is 0 Å². The molecule has 0 fully saturated rings. The van der Waals surface area contributed by atoms with E-state index in [9.17, 15) is 24.5 Å². The Morgan fingerprint density at radius 2 is 2.11 bits per heavy atom. The number of carbonyl (C=O) groups is 3. The molecule has 3 amide bonds. The van der Waals surface area contributed by atoms with Crippen LogP contribution in [0.25, 0.3) is 0 Å². The van der Waals surface area contributed by atoms with Crippen LogP contribution < -0.4 is 5.32 Å². The number of nitro benzene ring substituents is 1. The molecule has 2 aromatic rings. The number of nitro groups is 1. The normalized spacial score (nSPS) is 14.2. The highest BCUT2D eigenvalue weighted by Gasteiger charge is 2.40. The van der Waals surface area contributed by atoms with Gasteiger partial charge >= 0.3 is 0 Å². The molecule has 0 bridgehead atoms. The first kappa shape index (κ1) is 18.6. The first-order chi connectivity index (χ1) is 12.8. The van der Waals surface area contributed by atoms with E-state index in [0.717, 1.165) is 15.6 Å². The first-order valence-electron chi connectivity index (χ1n) is 8.14. The maximum atomic E-state index is 12.5. The molecule has 0 saturated heterocycles. The number of benzene rings is 1. The smallest absolute Gasteiger partial charge is 0.282 e. The minimum Gasteiger partial charge on any atom is -0.348 e. The second-order valence-electron chi connectivity index (χ2n) is 6.05. The van der Waals surface area contributed by atoms with E-state index in [0.29, 0.717) is 0 Å². The molecule has 1 aromatic carbocycles. The van der Waals surface area contributed by atoms with Crippen LogP contribution in [0.2, 0.25) is 0 Å². The van der Waals surface area contributed by atoms with E-state index < -0.39 is 22.4 Å². The summed E-state index contributed by atoms with van der Waals surface area (Å²) in [6.07, 6.45) is -0.104. The Balaban J connectivity index is 1.66. The van der Waals surface area contributed by atoms with Crippen molar-refractivity contribution >= 4 is 34.7 Å². The van der Waals surface area contributed by atoms with E-state index in [2.05, 4.69) is 10.3 Å². The van der Waals surface area contributed by atoms with Crippen molar-refractivity contribution in [3.05, 3.63) is 55.5 Å². The van der Waals surface area contributed by atoms with Gasteiger partial charge in [-0.05, 0) is 19.9 Å². The van der Waals surface area contributed by atoms with Gasteiger partial charge in [0.2, 0.25) is 5.91 Å². The van der Waals surface area contributed by atoms with Gasteiger partial charge in [0.05, 0.1) is 27.2 Å². The fourth-order valence-electron chi connectivity index (χ4n) is 2.85. The quantitative estimate of drug-likeness (QED) is 0.460. The van der Waals surface area contributed by atoms with Gasteiger partial charge in [0.25, 0.3) is 17.5 Å². The first-order valence-corrected chi connectivity index (χ1v) is 9.02. The number of aromatic nitrogens is 1. The Morgan fingerprint density at radius 3 is 2.74 bits per heavy atom. The molecular weight excluding hydrogens is 372 g/mol. The summed E-state index contributed by atoms with van der Waals surface area (Å²) in [5.41, 5.74) is 0.0904. The van der Waals surface area contributed by atoms with Crippen LogP contribution in [-0.4, -0.2) is 39.1 Å². The predicted molar refractivity (Wildman–Crippen MR) is 96.5 cm³/mol. The van der Waals surface area contributed by atoms with Crippen LogP contribution in [0.5, 0.6) is 0 Å². The van der Waals surface area contributed by atoms with Crippen molar-refractivity contribution in [2.45, 2.75) is 26.3 Å². The van der Waals surface area contributed by atoms with E-state index in [1.54, 1.807) is 6.92 Å². The molecule has 1 N–H and O–H groups in total. The van der Waals surface area contributed by atoms with Crippen molar-refractivity contribution < 1.29 is 19.3 Å². The SMILES string of the molecule is Cc1nc(C(C)NC(=O)CCN2C(=O)c3cccc([N+](=O)[O-])c3C2=O)cs1. The molecule has 27 heavy (non-hydrogen) atoms. The lowest BCUT2D eigenvalue weighted by atomic mass is 10.1. The molecule has 2 heterocycles. The highest BCUT2D eigenvalue weighted by Crippen LogP contribution is 2.30. The molecule has 0 radical (unpaired) electrons. The van der Waals surface area contributed by atoms with Crippen LogP contribution in [0.1, 0.15) is 50.8 Å². The molecule has 1 unspecified atom stereocenters. The zero-order valence-corrected chi connectivity index (χ0v) is 15.4. The molecule has 1 atom stereocenters. The number of fused-ring (bicyclic) bond motifs is 1. The fourth-order valence-corrected chi connectivity index (χ4v) is 3.56. The molecule has 1 aliphatic rings. The van der Waals surface area contributed by atoms with E-state index in [1.807, 2.05) is 12.3 Å². The number of thiazole rings is 1. The lowest BCUT2D eigenvalue weighted by Crippen LogP contribution is -2.35. The van der Waals surface area contributed by atoms with Gasteiger partial charge in [-0.3, -0.25) is 29.4 Å². The number of rotatable bonds is 6. The molecule has 3 rings (SSSR count). The summed E-state index contributed by atoms with van der Waals surface area (Å²) < 4.78 is 0. The topological polar surface area (TPSA) is 123 Å². The molecule has 140 valence electrons. The maximum absolute atomic E-state index is 12.5. The van der Waals surface area contributed by atoms with Crippen molar-refractivity contribution in [3.63, 3.8) is 0 Å². The molecule has 0 aliphatic carbocycles. The van der Waals surface area contributed by atoms with E-state index in [-0.39, 0.29) is 36.0 Å². The molecule has 0 saturated carbocycles. The highest BCUT2D eigenvalue weighted by molar-refractivity contribution is 7.09. The molecule has 1 aromatic heterocycles. The van der Waals surface area contributed by atoms with Crippen LogP contribution in [0.4, 0.5) is 5.69 Å². The molecular formula is C17H16N4O5S. The van der Waals surface area contributed by atoms with Gasteiger partial charge in [-0.2, -0.15) is 0 Å². The average molecular weight is 388 g/mol. The zero-order valence-electron chi connectivity index (χ0n) is 14.6. The van der Waals surface area contributed by atoms with Crippen molar-refractivity contribution in [2.75, 3.05) is 6.54 Å². The molecule has 9 nitrogen and oxygen atoms in total. The Hall–Kier alpha value is -3.14. The number of amides is 3. The van der Waals surface area contributed by atoms with E-state index in [4.69, 9.17) is 0 Å². The van der Waals surface area contributed by atoms with Crippen molar-refractivity contribution in [1.82, 2.24) is 15.2 Å². The van der Waals surface area contributed by atoms with Crippen molar-refractivity contribution in [3.8, 4) is 0 Å². The maximum Gasteiger partial charge on any atom is 0.282 e. The minimum atomic E-state index is -0.752. The number of aryl methyl sites for hydroxylation is 1. The summed E-state index contributed by atoms with van der Waals surface area (Å²) in [7, 11) is 0. The summed E-state index contributed by atoms with van der Waals surface area (Å²) in [6.45, 7) is 3.50. The Labute approximate surface area is 158 Å². The summed E-state index contributed by atoms with van der Waals surface area (Å²) in [5.74, 6) is -1.73. The summed E-state index contributed by atoms with van der Waals surface area (Å²) in [6, 6.07) is 3.61. The summed E-state index contributed by atoms with van der Waals surface area (Å²) >= 11 is 1.48. The Morgan fingerprint density at radius 1 is 1.37 bits per heavy atom. The van der Waals surface area contributed by atoms with Gasteiger partial charge < -0.3 is 5.32 Å². The lowest BCUT2D eigenvalue weighted by Gasteiger charge is -2.15. The monoisotopic (exact) mass is 388 g/mol. The second kappa shape index (κ2) is 7.23. The van der Waals surface area contributed by atoms with Gasteiger partial charge in [0, 0.05) is 24.4 Å². The van der Waals surface area contributed by atoms with Gasteiger partial charge in [0.1, 0.15) is 5.56 Å². The molecule has 0 spiro atoms. The van der Waals surface area contributed by atoms with Gasteiger partial charge in [-0.25, -0.2) is 4.98 Å². The summed E-state index contributed by atoms with van der Waals surface area (Å²) in [5, 5.41) is 16.6. The standard InChI is InChI=1S/C17H16N4O5S/c1-9(12-8-27-10(2)19-12)18-14(22)6-7-20-16(23)11-4-3-5-13(21(25)26)15(11)17(20)24/h3-5,8-9H,6-7H2,1-2H3,(H,18,22). The number of hydrogen-bond acceptors (Lipinski definition) is 7. The lowest BCUT2D eigenvalue weighted by molar-refractivity contribution is -0.385. The number of imide groups is 1. The van der Waals surface area contributed by atoms with Crippen LogP contribution in [-0.2, 0) is 4.79 Å². The number of nitrogens with one attached hydrogen (secondary N) is 1. The third-order valence-electron chi connectivity index (χ3n) is 4.19. The van der Waals surface area contributed by atoms with Crippen molar-refractivity contribution in [1.29, 1.82) is 0 Å². The number of carbonyl (C=O) groups excluding carboxylic acids is 3. The molecule has 1 aliphatic heterocycles. The minimum absolute atomic E-state index is 0.0130. The number of hydrogen-bond donors (Lipinski definition) is 1. The van der Waals surface area contributed by atoms with Gasteiger partial charge in [-0.1, -0.05) is 6.07 Å². The van der Waals surface area contributed by atoms with Crippen LogP contribution >= 0.6 is 11.3 Å². The Bertz CT molecular complexity index is 955. The highest BCUT2D eigenvalue weighted by atomic mass is 32.1. The van der Waals surface area contributed by atoms with Gasteiger partial charge in [0.15, 0.2) is 0 Å². The number of nitrogens with zero attached hydrogens (tertiary/aromatic N) is 3. The van der Waals surface area contributed by atoms with Crippen LogP contribution in [0, 0.1) is 17.0 Å². The largest absolute Gasteiger partial charge is 0.348 e. The second-order valence-corrected chi connectivity index (χ2v) is 7.11. The van der Waals surface area contributed by atoms with E-state index in [1.165, 1.54) is 29.5 Å². The Kier molecular flexibility index (Phi) is 5.00. The zero-order chi connectivity index (χ0) is 19.7. The predicted octanol–water partition coefficient (Wildman–Crippen LogP) is 2.22. The third kappa shape index (κ3) is 3.56. The van der Waals surface area contributed by atoms with Gasteiger partial charge in [-0.15, -0.1) is 11.3 Å². The summed E-state index contributed by atoms with van der Waals surface area (Å²) in [4.78, 5) is 52.6. The average Bonchev–Trinajstić information content (AvgIpc) is 3.16. The molecule has 10 heteroatoms. The third-order valence-corrected chi connectivity index (χ3v) is 4.99. The van der Waals surface area contributed by atoms with Crippen LogP contribution in [0.15, 0.2) is 23.6 Å². The van der Waals surface area contributed by atoms with Crippen LogP contribution in [0.3, 0.4) is 0 Å². The fraction of sp³-hybridized carbons (Fsp3) is 0.294.